The molecule has 2 rings (SSSR count). The van der Waals surface area contributed by atoms with Crippen molar-refractivity contribution >= 4 is 5.57 Å². The first-order valence-electron chi connectivity index (χ1n) is 5.83. The van der Waals surface area contributed by atoms with Crippen LogP contribution in [0.2, 0.25) is 0 Å². The molecule has 1 aliphatic rings. The minimum absolute atomic E-state index is 0.378. The summed E-state index contributed by atoms with van der Waals surface area (Å²) in [5, 5.41) is 0. The average Bonchev–Trinajstić information content (AvgIpc) is 2.30. The molecule has 1 heteroatoms. The molecule has 1 unspecified atom stereocenters. The summed E-state index contributed by atoms with van der Waals surface area (Å²) in [7, 11) is 0. The fourth-order valence-corrected chi connectivity index (χ4v) is 2.11. The minimum atomic E-state index is 0.378. The maximum Gasteiger partial charge on any atom is 0.00767 e. The molecule has 0 amide bonds. The molecule has 0 spiro atoms. The lowest BCUT2D eigenvalue weighted by Gasteiger charge is -2.18. The smallest absolute Gasteiger partial charge is 0.00767 e. The van der Waals surface area contributed by atoms with E-state index in [4.69, 9.17) is 5.73 Å². The van der Waals surface area contributed by atoms with Crippen LogP contribution in [0.25, 0.3) is 5.57 Å². The first kappa shape index (κ1) is 10.4. The fourth-order valence-electron chi connectivity index (χ4n) is 2.11. The highest BCUT2D eigenvalue weighted by molar-refractivity contribution is 5.66. The summed E-state index contributed by atoms with van der Waals surface area (Å²) in [4.78, 5) is 0. The van der Waals surface area contributed by atoms with E-state index in [1.165, 1.54) is 16.7 Å². The molecule has 1 aromatic rings. The number of nitrogens with two attached hydrogens (primary N) is 1. The minimum Gasteiger partial charge on any atom is -0.327 e. The number of hydrogen-bond acceptors (Lipinski definition) is 1. The Bertz CT molecular complexity index is 365. The quantitative estimate of drug-likeness (QED) is 0.781. The molecule has 15 heavy (non-hydrogen) atoms. The summed E-state index contributed by atoms with van der Waals surface area (Å²) in [5.41, 5.74) is 10.2. The van der Waals surface area contributed by atoms with Crippen LogP contribution in [-0.4, -0.2) is 6.04 Å². The summed E-state index contributed by atoms with van der Waals surface area (Å²) < 4.78 is 0. The highest BCUT2D eigenvalue weighted by atomic mass is 14.6. The molecule has 0 bridgehead atoms. The van der Waals surface area contributed by atoms with E-state index in [1.54, 1.807) is 0 Å². The molecule has 80 valence electrons. The van der Waals surface area contributed by atoms with E-state index in [9.17, 15) is 0 Å². The molecule has 0 fully saturated rings. The van der Waals surface area contributed by atoms with E-state index in [0.29, 0.717) is 6.04 Å². The van der Waals surface area contributed by atoms with Crippen molar-refractivity contribution in [1.29, 1.82) is 0 Å². The molecule has 1 aliphatic carbocycles. The van der Waals surface area contributed by atoms with Crippen molar-refractivity contribution in [3.63, 3.8) is 0 Å². The van der Waals surface area contributed by atoms with Gasteiger partial charge in [0.25, 0.3) is 0 Å². The third-order valence-corrected chi connectivity index (χ3v) is 3.16. The first-order valence-corrected chi connectivity index (χ1v) is 5.83. The van der Waals surface area contributed by atoms with Gasteiger partial charge in [-0.05, 0) is 42.4 Å². The third-order valence-electron chi connectivity index (χ3n) is 3.16. The van der Waals surface area contributed by atoms with Crippen molar-refractivity contribution in [3.05, 3.63) is 41.5 Å². The number of allylic oxidation sites excluding steroid dienone is 1. The second-order valence-electron chi connectivity index (χ2n) is 4.32. The lowest BCUT2D eigenvalue weighted by atomic mass is 9.90. The van der Waals surface area contributed by atoms with Crippen LogP contribution in [0.4, 0.5) is 0 Å². The second kappa shape index (κ2) is 4.63. The van der Waals surface area contributed by atoms with E-state index in [0.717, 1.165) is 25.7 Å². The van der Waals surface area contributed by atoms with Gasteiger partial charge in [0.1, 0.15) is 0 Å². The maximum absolute atomic E-state index is 5.89. The van der Waals surface area contributed by atoms with Gasteiger partial charge in [0.05, 0.1) is 0 Å². The van der Waals surface area contributed by atoms with Crippen molar-refractivity contribution in [1.82, 2.24) is 0 Å². The lowest BCUT2D eigenvalue weighted by Crippen LogP contribution is -2.21. The van der Waals surface area contributed by atoms with Crippen LogP contribution in [0, 0.1) is 0 Å². The lowest BCUT2D eigenvalue weighted by molar-refractivity contribution is 0.614. The van der Waals surface area contributed by atoms with Crippen molar-refractivity contribution in [2.24, 2.45) is 5.73 Å². The van der Waals surface area contributed by atoms with Crippen LogP contribution < -0.4 is 5.73 Å². The van der Waals surface area contributed by atoms with E-state index in [1.807, 2.05) is 0 Å². The molecule has 1 nitrogen and oxygen atoms in total. The Hall–Kier alpha value is -1.08. The van der Waals surface area contributed by atoms with Gasteiger partial charge in [-0.15, -0.1) is 0 Å². The topological polar surface area (TPSA) is 26.0 Å². The normalized spacial score (nSPS) is 21.2. The molecule has 0 heterocycles. The van der Waals surface area contributed by atoms with Gasteiger partial charge in [0, 0.05) is 6.04 Å². The van der Waals surface area contributed by atoms with Crippen LogP contribution in [0.5, 0.6) is 0 Å². The summed E-state index contributed by atoms with van der Waals surface area (Å²) in [5.74, 6) is 0. The molecular weight excluding hydrogens is 182 g/mol. The average molecular weight is 201 g/mol. The summed E-state index contributed by atoms with van der Waals surface area (Å²) in [6.45, 7) is 2.20. The van der Waals surface area contributed by atoms with E-state index < -0.39 is 0 Å². The standard InChI is InChI=1S/C14H19N/c1-2-11-4-3-5-13(10-11)12-6-8-14(15)9-7-12/h3-6,10,14H,2,7-9,15H2,1H3. The zero-order valence-corrected chi connectivity index (χ0v) is 9.37. The van der Waals surface area contributed by atoms with Crippen LogP contribution in [0.3, 0.4) is 0 Å². The first-order chi connectivity index (χ1) is 7.29. The van der Waals surface area contributed by atoms with Crippen molar-refractivity contribution in [3.8, 4) is 0 Å². The molecule has 0 saturated heterocycles. The second-order valence-corrected chi connectivity index (χ2v) is 4.32. The highest BCUT2D eigenvalue weighted by Gasteiger charge is 2.11. The Morgan fingerprint density at radius 3 is 2.93 bits per heavy atom. The predicted molar refractivity (Wildman–Crippen MR) is 65.6 cm³/mol. The molecule has 1 atom stereocenters. The van der Waals surface area contributed by atoms with Crippen LogP contribution >= 0.6 is 0 Å². The molecule has 0 saturated carbocycles. The summed E-state index contributed by atoms with van der Waals surface area (Å²) in [6.07, 6.45) is 6.71. The zero-order valence-electron chi connectivity index (χ0n) is 9.37. The number of aryl methyl sites for hydroxylation is 1. The molecule has 2 N–H and O–H groups in total. The Kier molecular flexibility index (Phi) is 3.22. The van der Waals surface area contributed by atoms with Gasteiger partial charge in [-0.3, -0.25) is 0 Å². The highest BCUT2D eigenvalue weighted by Crippen LogP contribution is 2.26. The van der Waals surface area contributed by atoms with E-state index in [-0.39, 0.29) is 0 Å². The van der Waals surface area contributed by atoms with Crippen LogP contribution in [0.15, 0.2) is 30.3 Å². The number of benzene rings is 1. The van der Waals surface area contributed by atoms with E-state index in [2.05, 4.69) is 37.3 Å². The third kappa shape index (κ3) is 2.48. The van der Waals surface area contributed by atoms with Crippen molar-refractivity contribution in [2.45, 2.75) is 38.6 Å². The van der Waals surface area contributed by atoms with Crippen molar-refractivity contribution in [2.75, 3.05) is 0 Å². The van der Waals surface area contributed by atoms with Gasteiger partial charge >= 0.3 is 0 Å². The fraction of sp³-hybridized carbons (Fsp3) is 0.429. The zero-order chi connectivity index (χ0) is 10.7. The monoisotopic (exact) mass is 201 g/mol. The molecule has 0 radical (unpaired) electrons. The van der Waals surface area contributed by atoms with Gasteiger partial charge in [-0.1, -0.05) is 37.3 Å². The SMILES string of the molecule is CCc1cccc(C2=CCC(N)CC2)c1. The van der Waals surface area contributed by atoms with Gasteiger partial charge in [-0.25, -0.2) is 0 Å². The Morgan fingerprint density at radius 1 is 1.40 bits per heavy atom. The van der Waals surface area contributed by atoms with Gasteiger partial charge in [0.15, 0.2) is 0 Å². The Morgan fingerprint density at radius 2 is 2.27 bits per heavy atom. The van der Waals surface area contributed by atoms with Gasteiger partial charge in [-0.2, -0.15) is 0 Å². The van der Waals surface area contributed by atoms with Crippen LogP contribution in [-0.2, 0) is 6.42 Å². The number of rotatable bonds is 2. The Labute approximate surface area is 92.0 Å². The number of hydrogen-bond donors (Lipinski definition) is 1. The predicted octanol–water partition coefficient (Wildman–Crippen LogP) is 3.14. The summed E-state index contributed by atoms with van der Waals surface area (Å²) in [6, 6.07) is 9.25. The molecule has 0 aromatic heterocycles. The Balaban J connectivity index is 2.22. The largest absolute Gasteiger partial charge is 0.327 e. The summed E-state index contributed by atoms with van der Waals surface area (Å²) >= 11 is 0. The van der Waals surface area contributed by atoms with Crippen LogP contribution in [0.1, 0.15) is 37.3 Å². The molecule has 0 aliphatic heterocycles. The maximum atomic E-state index is 5.89. The van der Waals surface area contributed by atoms with Crippen molar-refractivity contribution < 1.29 is 0 Å². The molecular formula is C14H19N. The van der Waals surface area contributed by atoms with Gasteiger partial charge < -0.3 is 5.73 Å². The van der Waals surface area contributed by atoms with E-state index >= 15 is 0 Å². The van der Waals surface area contributed by atoms with Gasteiger partial charge in [0.2, 0.25) is 0 Å². The molecule has 1 aromatic carbocycles.